The first-order valence-electron chi connectivity index (χ1n) is 5.69. The van der Waals surface area contributed by atoms with Crippen LogP contribution >= 0.6 is 0 Å². The number of carbonyl (C=O) groups is 1. The number of Topliss-reactive ketones (excluding diaryl/α,β-unsaturated/α-hetero) is 1. The van der Waals surface area contributed by atoms with Crippen LogP contribution in [0.4, 0.5) is 4.39 Å². The van der Waals surface area contributed by atoms with Gasteiger partial charge in [0.05, 0.1) is 0 Å². The number of hydrogen-bond donors (Lipinski definition) is 0. The molecule has 0 spiro atoms. The Kier molecular flexibility index (Phi) is 3.85. The molecule has 0 heterocycles. The highest BCUT2D eigenvalue weighted by atomic mass is 32.2. The van der Waals surface area contributed by atoms with Gasteiger partial charge in [-0.2, -0.15) is 8.42 Å². The molecule has 4 nitrogen and oxygen atoms in total. The molecule has 2 aromatic rings. The van der Waals surface area contributed by atoms with Gasteiger partial charge in [-0.15, -0.1) is 0 Å². The summed E-state index contributed by atoms with van der Waals surface area (Å²) in [5.41, 5.74) is 0.258. The first kappa shape index (κ1) is 14.2. The summed E-state index contributed by atoms with van der Waals surface area (Å²) in [4.78, 5) is 11.1. The van der Waals surface area contributed by atoms with Crippen LogP contribution in [0, 0.1) is 5.82 Å². The van der Waals surface area contributed by atoms with Gasteiger partial charge in [0.1, 0.15) is 16.5 Å². The van der Waals surface area contributed by atoms with E-state index in [-0.39, 0.29) is 22.0 Å². The highest BCUT2D eigenvalue weighted by Crippen LogP contribution is 2.20. The number of rotatable bonds is 4. The highest BCUT2D eigenvalue weighted by Gasteiger charge is 2.18. The van der Waals surface area contributed by atoms with E-state index in [0.717, 1.165) is 6.07 Å². The minimum atomic E-state index is -4.10. The summed E-state index contributed by atoms with van der Waals surface area (Å²) in [5.74, 6) is -0.985. The number of carbonyl (C=O) groups excluding carboxylic acids is 1. The minimum absolute atomic E-state index is 0.127. The molecule has 0 aliphatic heterocycles. The third-order valence-electron chi connectivity index (χ3n) is 2.53. The predicted octanol–water partition coefficient (Wildman–Crippen LogP) is 2.80. The quantitative estimate of drug-likeness (QED) is 0.642. The van der Waals surface area contributed by atoms with Crippen LogP contribution in [0.15, 0.2) is 53.4 Å². The molecule has 2 aromatic carbocycles. The second kappa shape index (κ2) is 5.42. The van der Waals surface area contributed by atoms with Crippen LogP contribution in [0.5, 0.6) is 5.75 Å². The summed E-state index contributed by atoms with van der Waals surface area (Å²) in [7, 11) is -4.10. The fourth-order valence-electron chi connectivity index (χ4n) is 1.56. The van der Waals surface area contributed by atoms with E-state index in [1.807, 2.05) is 0 Å². The Balaban J connectivity index is 2.35. The van der Waals surface area contributed by atoms with Gasteiger partial charge in [-0.3, -0.25) is 4.79 Å². The van der Waals surface area contributed by atoms with Gasteiger partial charge in [0, 0.05) is 11.6 Å². The lowest BCUT2D eigenvalue weighted by atomic mass is 10.2. The third-order valence-corrected chi connectivity index (χ3v) is 3.77. The number of ketones is 1. The molecular formula is C14H11FO4S. The molecule has 0 fully saturated rings. The van der Waals surface area contributed by atoms with E-state index in [2.05, 4.69) is 0 Å². The van der Waals surface area contributed by atoms with Gasteiger partial charge in [-0.1, -0.05) is 18.2 Å². The van der Waals surface area contributed by atoms with Gasteiger partial charge >= 0.3 is 10.1 Å². The standard InChI is InChI=1S/C14H11FO4S/c1-10(16)11-4-2-7-14(8-11)20(17,18)19-13-6-3-5-12(15)9-13/h2-9H,1H3. The normalized spacial score (nSPS) is 11.1. The molecule has 0 radical (unpaired) electrons. The molecule has 0 atom stereocenters. The van der Waals surface area contributed by atoms with Crippen molar-refractivity contribution in [2.45, 2.75) is 11.8 Å². The summed E-state index contributed by atoms with van der Waals surface area (Å²) >= 11 is 0. The van der Waals surface area contributed by atoms with E-state index in [9.17, 15) is 17.6 Å². The summed E-state index contributed by atoms with van der Waals surface area (Å²) in [6, 6.07) is 10.3. The Morgan fingerprint density at radius 1 is 1.10 bits per heavy atom. The van der Waals surface area contributed by atoms with Gasteiger partial charge in [-0.25, -0.2) is 4.39 Å². The predicted molar refractivity (Wildman–Crippen MR) is 70.7 cm³/mol. The van der Waals surface area contributed by atoms with Crippen LogP contribution < -0.4 is 4.18 Å². The number of benzene rings is 2. The Hall–Kier alpha value is -2.21. The topological polar surface area (TPSA) is 60.4 Å². The van der Waals surface area contributed by atoms with Crippen molar-refractivity contribution in [2.24, 2.45) is 0 Å². The second-order valence-electron chi connectivity index (χ2n) is 4.08. The van der Waals surface area contributed by atoms with Crippen molar-refractivity contribution in [3.8, 4) is 5.75 Å². The van der Waals surface area contributed by atoms with Crippen molar-refractivity contribution in [3.63, 3.8) is 0 Å². The monoisotopic (exact) mass is 294 g/mol. The smallest absolute Gasteiger partial charge is 0.339 e. The lowest BCUT2D eigenvalue weighted by Gasteiger charge is -2.07. The van der Waals surface area contributed by atoms with Crippen LogP contribution in [-0.2, 0) is 10.1 Å². The molecular weight excluding hydrogens is 283 g/mol. The van der Waals surface area contributed by atoms with Gasteiger partial charge in [0.2, 0.25) is 0 Å². The molecule has 6 heteroatoms. The zero-order valence-electron chi connectivity index (χ0n) is 10.5. The largest absolute Gasteiger partial charge is 0.379 e. The van der Waals surface area contributed by atoms with Crippen molar-refractivity contribution in [3.05, 3.63) is 59.9 Å². The second-order valence-corrected chi connectivity index (χ2v) is 5.63. The fourth-order valence-corrected chi connectivity index (χ4v) is 2.53. The zero-order chi connectivity index (χ0) is 14.8. The molecule has 0 amide bonds. The molecule has 0 bridgehead atoms. The maximum Gasteiger partial charge on any atom is 0.339 e. The Morgan fingerprint density at radius 2 is 1.80 bits per heavy atom. The van der Waals surface area contributed by atoms with Crippen LogP contribution in [0.25, 0.3) is 0 Å². The van der Waals surface area contributed by atoms with Crippen molar-refractivity contribution >= 4 is 15.9 Å². The Morgan fingerprint density at radius 3 is 2.45 bits per heavy atom. The van der Waals surface area contributed by atoms with Gasteiger partial charge in [-0.05, 0) is 31.2 Å². The molecule has 0 unspecified atom stereocenters. The van der Waals surface area contributed by atoms with Crippen LogP contribution in [0.3, 0.4) is 0 Å². The van der Waals surface area contributed by atoms with Crippen molar-refractivity contribution in [1.82, 2.24) is 0 Å². The Bertz CT molecular complexity index is 753. The molecule has 0 saturated heterocycles. The number of halogens is 1. The number of hydrogen-bond acceptors (Lipinski definition) is 4. The van der Waals surface area contributed by atoms with E-state index in [1.165, 1.54) is 49.4 Å². The van der Waals surface area contributed by atoms with Gasteiger partial charge in [0.25, 0.3) is 0 Å². The zero-order valence-corrected chi connectivity index (χ0v) is 11.4. The van der Waals surface area contributed by atoms with Crippen molar-refractivity contribution in [2.75, 3.05) is 0 Å². The van der Waals surface area contributed by atoms with Crippen LogP contribution in [0.1, 0.15) is 17.3 Å². The molecule has 0 aliphatic rings. The summed E-state index contributed by atoms with van der Waals surface area (Å²) < 4.78 is 41.9. The van der Waals surface area contributed by atoms with Crippen molar-refractivity contribution in [1.29, 1.82) is 0 Å². The summed E-state index contributed by atoms with van der Waals surface area (Å²) in [6.07, 6.45) is 0. The molecule has 0 saturated carbocycles. The van der Waals surface area contributed by atoms with E-state index in [0.29, 0.717) is 0 Å². The lowest BCUT2D eigenvalue weighted by Crippen LogP contribution is -2.10. The summed E-state index contributed by atoms with van der Waals surface area (Å²) in [5, 5.41) is 0. The fraction of sp³-hybridized carbons (Fsp3) is 0.0714. The first-order chi connectivity index (χ1) is 9.38. The molecule has 0 N–H and O–H groups in total. The molecule has 0 aliphatic carbocycles. The van der Waals surface area contributed by atoms with Gasteiger partial charge in [0.15, 0.2) is 5.78 Å². The SMILES string of the molecule is CC(=O)c1cccc(S(=O)(=O)Oc2cccc(F)c2)c1. The van der Waals surface area contributed by atoms with E-state index >= 15 is 0 Å². The van der Waals surface area contributed by atoms with Gasteiger partial charge < -0.3 is 4.18 Å². The molecule has 20 heavy (non-hydrogen) atoms. The highest BCUT2D eigenvalue weighted by molar-refractivity contribution is 7.87. The summed E-state index contributed by atoms with van der Waals surface area (Å²) in [6.45, 7) is 1.33. The average Bonchev–Trinajstić information content (AvgIpc) is 2.38. The molecule has 104 valence electrons. The van der Waals surface area contributed by atoms with Crippen molar-refractivity contribution < 1.29 is 21.8 Å². The van der Waals surface area contributed by atoms with Crippen LogP contribution in [-0.4, -0.2) is 14.2 Å². The maximum absolute atomic E-state index is 13.0. The van der Waals surface area contributed by atoms with E-state index in [1.54, 1.807) is 0 Å². The molecule has 0 aromatic heterocycles. The van der Waals surface area contributed by atoms with Crippen LogP contribution in [0.2, 0.25) is 0 Å². The maximum atomic E-state index is 13.0. The Labute approximate surface area is 115 Å². The van der Waals surface area contributed by atoms with E-state index in [4.69, 9.17) is 4.18 Å². The average molecular weight is 294 g/mol. The first-order valence-corrected chi connectivity index (χ1v) is 7.10. The minimum Gasteiger partial charge on any atom is -0.379 e. The molecule has 2 rings (SSSR count). The third kappa shape index (κ3) is 3.21. The van der Waals surface area contributed by atoms with E-state index < -0.39 is 15.9 Å². The lowest BCUT2D eigenvalue weighted by molar-refractivity contribution is 0.101.